The molecule has 2 nitrogen and oxygen atoms in total. The summed E-state index contributed by atoms with van der Waals surface area (Å²) in [6.07, 6.45) is 3.91. The van der Waals surface area contributed by atoms with Gasteiger partial charge in [-0.2, -0.15) is 0 Å². The first-order valence-electron chi connectivity index (χ1n) is 6.45. The van der Waals surface area contributed by atoms with E-state index in [1.807, 2.05) is 0 Å². The lowest BCUT2D eigenvalue weighted by Gasteiger charge is -2.24. The maximum atomic E-state index is 3.80. The van der Waals surface area contributed by atoms with Gasteiger partial charge in [0.25, 0.3) is 0 Å². The molecule has 1 saturated carbocycles. The molecule has 1 aliphatic carbocycles. The quantitative estimate of drug-likeness (QED) is 0.590. The van der Waals surface area contributed by atoms with Crippen molar-refractivity contribution in [3.8, 4) is 0 Å². The van der Waals surface area contributed by atoms with Crippen LogP contribution in [0.25, 0.3) is 0 Å². The number of hydrogen-bond donors (Lipinski definition) is 2. The SMILES string of the molecule is [Cl-].[Cl-].c1ccc(C2CC2NC2CCNCC2)cc1. The number of benzene rings is 1. The van der Waals surface area contributed by atoms with Crippen LogP contribution in [0.2, 0.25) is 0 Å². The van der Waals surface area contributed by atoms with Gasteiger partial charge in [-0.1, -0.05) is 30.3 Å². The van der Waals surface area contributed by atoms with Gasteiger partial charge >= 0.3 is 0 Å². The zero-order valence-corrected chi connectivity index (χ0v) is 11.9. The number of hydrogen-bond acceptors (Lipinski definition) is 2. The Kier molecular flexibility index (Phi) is 6.44. The van der Waals surface area contributed by atoms with Crippen LogP contribution in [0.3, 0.4) is 0 Å². The van der Waals surface area contributed by atoms with Gasteiger partial charge in [-0.25, -0.2) is 0 Å². The maximum Gasteiger partial charge on any atom is 0.0145 e. The van der Waals surface area contributed by atoms with E-state index in [9.17, 15) is 0 Å². The Labute approximate surface area is 122 Å². The fraction of sp³-hybridized carbons (Fsp3) is 0.571. The molecule has 102 valence electrons. The fourth-order valence-corrected chi connectivity index (χ4v) is 2.74. The molecule has 2 N–H and O–H groups in total. The van der Waals surface area contributed by atoms with Crippen LogP contribution in [0.15, 0.2) is 30.3 Å². The van der Waals surface area contributed by atoms with Gasteiger partial charge in [0.15, 0.2) is 0 Å². The van der Waals surface area contributed by atoms with Gasteiger partial charge in [-0.15, -0.1) is 0 Å². The molecule has 1 aliphatic heterocycles. The van der Waals surface area contributed by atoms with Gasteiger partial charge in [-0.3, -0.25) is 0 Å². The Hall–Kier alpha value is -0.280. The highest BCUT2D eigenvalue weighted by Gasteiger charge is 2.39. The van der Waals surface area contributed by atoms with E-state index >= 15 is 0 Å². The van der Waals surface area contributed by atoms with Crippen LogP contribution in [0, 0.1) is 0 Å². The number of nitrogens with one attached hydrogen (secondary N) is 2. The Morgan fingerprint density at radius 1 is 1.00 bits per heavy atom. The van der Waals surface area contributed by atoms with Gasteiger partial charge in [0.2, 0.25) is 0 Å². The lowest BCUT2D eigenvalue weighted by molar-refractivity contribution is -0.001000. The molecule has 2 unspecified atom stereocenters. The van der Waals surface area contributed by atoms with Crippen molar-refractivity contribution < 1.29 is 24.8 Å². The molecule has 1 aromatic carbocycles. The van der Waals surface area contributed by atoms with E-state index < -0.39 is 0 Å². The summed E-state index contributed by atoms with van der Waals surface area (Å²) in [5.74, 6) is 0.774. The van der Waals surface area contributed by atoms with E-state index in [0.717, 1.165) is 18.0 Å². The molecule has 2 aliphatic rings. The smallest absolute Gasteiger partial charge is 0.0145 e. The molecular formula is C14H20Cl2N2-2. The fourth-order valence-electron chi connectivity index (χ4n) is 2.74. The summed E-state index contributed by atoms with van der Waals surface area (Å²) < 4.78 is 0. The number of piperidine rings is 1. The monoisotopic (exact) mass is 286 g/mol. The van der Waals surface area contributed by atoms with Crippen molar-refractivity contribution in [2.24, 2.45) is 0 Å². The Bertz CT molecular complexity index is 339. The van der Waals surface area contributed by atoms with Gasteiger partial charge in [-0.05, 0) is 37.9 Å². The van der Waals surface area contributed by atoms with E-state index in [-0.39, 0.29) is 24.8 Å². The summed E-state index contributed by atoms with van der Waals surface area (Å²) in [7, 11) is 0. The van der Waals surface area contributed by atoms with E-state index in [0.29, 0.717) is 0 Å². The van der Waals surface area contributed by atoms with Crippen molar-refractivity contribution >= 4 is 0 Å². The molecule has 0 amide bonds. The van der Waals surface area contributed by atoms with Crippen LogP contribution in [0.1, 0.15) is 30.7 Å². The largest absolute Gasteiger partial charge is 1.00 e. The van der Waals surface area contributed by atoms with Crippen LogP contribution >= 0.6 is 0 Å². The Morgan fingerprint density at radius 3 is 2.33 bits per heavy atom. The van der Waals surface area contributed by atoms with E-state index in [2.05, 4.69) is 41.0 Å². The van der Waals surface area contributed by atoms with Gasteiger partial charge in [0.05, 0.1) is 0 Å². The number of rotatable bonds is 3. The second kappa shape index (κ2) is 7.34. The zero-order valence-electron chi connectivity index (χ0n) is 10.4. The second-order valence-corrected chi connectivity index (χ2v) is 5.05. The van der Waals surface area contributed by atoms with Crippen LogP contribution < -0.4 is 35.4 Å². The van der Waals surface area contributed by atoms with Crippen molar-refractivity contribution in [1.82, 2.24) is 10.6 Å². The van der Waals surface area contributed by atoms with Crippen LogP contribution in [-0.4, -0.2) is 25.2 Å². The van der Waals surface area contributed by atoms with Gasteiger partial charge < -0.3 is 35.4 Å². The molecule has 2 atom stereocenters. The van der Waals surface area contributed by atoms with Crippen molar-refractivity contribution in [2.75, 3.05) is 13.1 Å². The van der Waals surface area contributed by atoms with Crippen molar-refractivity contribution in [3.05, 3.63) is 35.9 Å². The highest BCUT2D eigenvalue weighted by Crippen LogP contribution is 2.41. The van der Waals surface area contributed by atoms with Crippen LogP contribution in [0.5, 0.6) is 0 Å². The third kappa shape index (κ3) is 3.86. The van der Waals surface area contributed by atoms with Crippen LogP contribution in [-0.2, 0) is 0 Å². The van der Waals surface area contributed by atoms with Crippen LogP contribution in [0.4, 0.5) is 0 Å². The third-order valence-electron chi connectivity index (χ3n) is 3.81. The first kappa shape index (κ1) is 15.8. The van der Waals surface area contributed by atoms with Crippen molar-refractivity contribution in [3.63, 3.8) is 0 Å². The van der Waals surface area contributed by atoms with E-state index in [4.69, 9.17) is 0 Å². The second-order valence-electron chi connectivity index (χ2n) is 5.05. The van der Waals surface area contributed by atoms with Crippen molar-refractivity contribution in [1.29, 1.82) is 0 Å². The van der Waals surface area contributed by atoms with Gasteiger partial charge in [0, 0.05) is 18.0 Å². The summed E-state index contributed by atoms with van der Waals surface area (Å²) in [6, 6.07) is 12.4. The standard InChI is InChI=1S/C14H20N2.2ClH/c1-2-4-11(5-3-1)13-10-14(13)16-12-6-8-15-9-7-12;;/h1-5,12-16H,6-10H2;2*1H/p-2. The average Bonchev–Trinajstić information content (AvgIpc) is 3.11. The maximum absolute atomic E-state index is 3.80. The molecular weight excluding hydrogens is 267 g/mol. The molecule has 1 aromatic rings. The first-order chi connectivity index (χ1) is 7.93. The third-order valence-corrected chi connectivity index (χ3v) is 3.81. The molecule has 0 radical (unpaired) electrons. The minimum atomic E-state index is 0. The molecule has 0 aromatic heterocycles. The topological polar surface area (TPSA) is 24.1 Å². The molecule has 1 saturated heterocycles. The highest BCUT2D eigenvalue weighted by atomic mass is 35.5. The van der Waals surface area contributed by atoms with E-state index in [1.54, 1.807) is 0 Å². The summed E-state index contributed by atoms with van der Waals surface area (Å²) in [6.45, 7) is 2.36. The highest BCUT2D eigenvalue weighted by molar-refractivity contribution is 5.27. The van der Waals surface area contributed by atoms with Crippen molar-refractivity contribution in [2.45, 2.75) is 37.3 Å². The molecule has 4 heteroatoms. The molecule has 18 heavy (non-hydrogen) atoms. The first-order valence-corrected chi connectivity index (χ1v) is 6.45. The minimum absolute atomic E-state index is 0. The minimum Gasteiger partial charge on any atom is -1.00 e. The predicted molar refractivity (Wildman–Crippen MR) is 66.6 cm³/mol. The molecule has 1 heterocycles. The summed E-state index contributed by atoms with van der Waals surface area (Å²) in [5.41, 5.74) is 1.51. The lowest BCUT2D eigenvalue weighted by atomic mass is 10.1. The molecule has 0 bridgehead atoms. The average molecular weight is 287 g/mol. The van der Waals surface area contributed by atoms with E-state index in [1.165, 1.54) is 37.9 Å². The number of halogens is 2. The normalized spacial score (nSPS) is 26.9. The summed E-state index contributed by atoms with van der Waals surface area (Å²) >= 11 is 0. The predicted octanol–water partition coefficient (Wildman–Crippen LogP) is -4.11. The summed E-state index contributed by atoms with van der Waals surface area (Å²) in [4.78, 5) is 0. The molecule has 2 fully saturated rings. The van der Waals surface area contributed by atoms with Gasteiger partial charge in [0.1, 0.15) is 0 Å². The Morgan fingerprint density at radius 2 is 1.67 bits per heavy atom. The Balaban J connectivity index is 0.000000810. The summed E-state index contributed by atoms with van der Waals surface area (Å²) in [5, 5.41) is 7.21. The zero-order chi connectivity index (χ0) is 10.8. The molecule has 0 spiro atoms. The molecule has 3 rings (SSSR count). The lowest BCUT2D eigenvalue weighted by Crippen LogP contribution is -3.00.